The first-order valence-electron chi connectivity index (χ1n) is 24.0. The Morgan fingerprint density at radius 2 is 0.915 bits per heavy atom. The quantitative estimate of drug-likeness (QED) is 0.0324. The van der Waals surface area contributed by atoms with E-state index < -0.39 is 18.2 Å². The summed E-state index contributed by atoms with van der Waals surface area (Å²) >= 11 is 0. The lowest BCUT2D eigenvalue weighted by molar-refractivity contribution is -0.150. The van der Waals surface area contributed by atoms with Crippen LogP contribution in [0.2, 0.25) is 0 Å². The second kappa shape index (κ2) is 45.9. The molecule has 0 rings (SSSR count). The van der Waals surface area contributed by atoms with Crippen molar-refractivity contribution in [1.82, 2.24) is 5.32 Å². The van der Waals surface area contributed by atoms with E-state index in [2.05, 4.69) is 117 Å². The van der Waals surface area contributed by atoms with Crippen molar-refractivity contribution in [3.05, 3.63) is 97.2 Å². The number of unbranched alkanes of at least 4 members (excludes halogenated alkanes) is 13. The molecular weight excluding hydrogens is 731 g/mol. The maximum atomic E-state index is 13.1. The summed E-state index contributed by atoms with van der Waals surface area (Å²) in [5.41, 5.74) is 0. The van der Waals surface area contributed by atoms with Crippen LogP contribution in [-0.4, -0.2) is 46.9 Å². The second-order valence-electron chi connectivity index (χ2n) is 15.7. The number of nitrogens with one attached hydrogen (secondary N) is 1. The number of ether oxygens (including phenoxy) is 1. The molecule has 0 saturated carbocycles. The van der Waals surface area contributed by atoms with Gasteiger partial charge in [0.2, 0.25) is 5.91 Å². The molecule has 0 aromatic carbocycles. The maximum Gasteiger partial charge on any atom is 0.306 e. The van der Waals surface area contributed by atoms with Crippen LogP contribution in [0.4, 0.5) is 0 Å². The average molecular weight is 820 g/mol. The summed E-state index contributed by atoms with van der Waals surface area (Å²) in [5, 5.41) is 23.7. The molecule has 336 valence electrons. The highest BCUT2D eigenvalue weighted by atomic mass is 16.5. The van der Waals surface area contributed by atoms with Crippen molar-refractivity contribution in [2.24, 2.45) is 0 Å². The van der Waals surface area contributed by atoms with Crippen LogP contribution in [0.15, 0.2) is 97.2 Å². The lowest BCUT2D eigenvalue weighted by atomic mass is 10.0. The van der Waals surface area contributed by atoms with Crippen molar-refractivity contribution >= 4 is 11.9 Å². The van der Waals surface area contributed by atoms with E-state index in [1.807, 2.05) is 6.08 Å². The lowest BCUT2D eigenvalue weighted by Gasteiger charge is -2.24. The van der Waals surface area contributed by atoms with Crippen molar-refractivity contribution in [1.29, 1.82) is 0 Å². The molecule has 0 heterocycles. The van der Waals surface area contributed by atoms with E-state index in [-0.39, 0.29) is 31.3 Å². The van der Waals surface area contributed by atoms with Crippen LogP contribution in [0.25, 0.3) is 0 Å². The van der Waals surface area contributed by atoms with Crippen LogP contribution in [0, 0.1) is 0 Å². The van der Waals surface area contributed by atoms with Crippen molar-refractivity contribution in [3.63, 3.8) is 0 Å². The van der Waals surface area contributed by atoms with Crippen molar-refractivity contribution in [2.75, 3.05) is 6.61 Å². The molecule has 0 spiro atoms. The number of rotatable bonds is 41. The number of esters is 1. The fourth-order valence-electron chi connectivity index (χ4n) is 6.61. The number of aliphatic hydroxyl groups excluding tert-OH is 2. The van der Waals surface area contributed by atoms with Gasteiger partial charge in [0.05, 0.1) is 25.2 Å². The molecule has 6 nitrogen and oxygen atoms in total. The topological polar surface area (TPSA) is 95.9 Å². The first kappa shape index (κ1) is 55.8. The second-order valence-corrected chi connectivity index (χ2v) is 15.7. The first-order valence-corrected chi connectivity index (χ1v) is 24.0. The largest absolute Gasteiger partial charge is 0.462 e. The van der Waals surface area contributed by atoms with Crippen LogP contribution < -0.4 is 5.32 Å². The fourth-order valence-corrected chi connectivity index (χ4v) is 6.61. The Kier molecular flexibility index (Phi) is 43.4. The highest BCUT2D eigenvalue weighted by molar-refractivity contribution is 5.77. The smallest absolute Gasteiger partial charge is 0.306 e. The van der Waals surface area contributed by atoms with Crippen LogP contribution in [-0.2, 0) is 14.3 Å². The third-order valence-corrected chi connectivity index (χ3v) is 10.2. The monoisotopic (exact) mass is 820 g/mol. The van der Waals surface area contributed by atoms with Gasteiger partial charge in [0, 0.05) is 6.42 Å². The average Bonchev–Trinajstić information content (AvgIpc) is 3.23. The Morgan fingerprint density at radius 1 is 0.508 bits per heavy atom. The summed E-state index contributed by atoms with van der Waals surface area (Å²) in [5.74, 6) is -0.622. The first-order chi connectivity index (χ1) is 29.0. The van der Waals surface area contributed by atoms with E-state index in [4.69, 9.17) is 4.74 Å². The molecule has 1 amide bonds. The van der Waals surface area contributed by atoms with Gasteiger partial charge in [-0.25, -0.2) is 0 Å². The number of aliphatic hydroxyl groups is 2. The molecule has 6 heteroatoms. The number of carbonyl (C=O) groups is 2. The maximum absolute atomic E-state index is 13.1. The van der Waals surface area contributed by atoms with E-state index in [1.165, 1.54) is 57.8 Å². The summed E-state index contributed by atoms with van der Waals surface area (Å²) in [6.45, 7) is 6.20. The molecule has 59 heavy (non-hydrogen) atoms. The van der Waals surface area contributed by atoms with Crippen molar-refractivity contribution in [3.8, 4) is 0 Å². The Bertz CT molecular complexity index is 1190. The molecule has 3 atom stereocenters. The molecule has 0 aromatic rings. The third kappa shape index (κ3) is 41.3. The predicted molar refractivity (Wildman–Crippen MR) is 254 cm³/mol. The molecule has 3 unspecified atom stereocenters. The number of hydrogen-bond acceptors (Lipinski definition) is 5. The van der Waals surface area contributed by atoms with Gasteiger partial charge in [-0.3, -0.25) is 9.59 Å². The predicted octanol–water partition coefficient (Wildman–Crippen LogP) is 14.2. The van der Waals surface area contributed by atoms with Gasteiger partial charge < -0.3 is 20.3 Å². The van der Waals surface area contributed by atoms with Gasteiger partial charge in [-0.05, 0) is 89.9 Å². The Labute approximate surface area is 363 Å². The van der Waals surface area contributed by atoms with Gasteiger partial charge in [0.15, 0.2) is 0 Å². The Hall–Kier alpha value is -3.22. The van der Waals surface area contributed by atoms with E-state index in [1.54, 1.807) is 0 Å². The molecule has 0 bridgehead atoms. The molecule has 0 fully saturated rings. The van der Waals surface area contributed by atoms with E-state index in [0.717, 1.165) is 89.9 Å². The van der Waals surface area contributed by atoms with Gasteiger partial charge in [-0.2, -0.15) is 0 Å². The zero-order valence-electron chi connectivity index (χ0n) is 38.1. The minimum absolute atomic E-state index is 0.0162. The molecule has 0 radical (unpaired) electrons. The molecular formula is C53H89NO5. The van der Waals surface area contributed by atoms with Gasteiger partial charge in [-0.1, -0.05) is 195 Å². The number of carbonyl (C=O) groups excluding carboxylic acids is 2. The summed E-state index contributed by atoms with van der Waals surface area (Å²) < 4.78 is 5.85. The van der Waals surface area contributed by atoms with E-state index in [0.29, 0.717) is 19.3 Å². The minimum atomic E-state index is -0.814. The summed E-state index contributed by atoms with van der Waals surface area (Å²) in [7, 11) is 0. The Morgan fingerprint density at radius 3 is 1.37 bits per heavy atom. The highest BCUT2D eigenvalue weighted by Gasteiger charge is 2.23. The van der Waals surface area contributed by atoms with E-state index in [9.17, 15) is 19.8 Å². The van der Waals surface area contributed by atoms with Crippen molar-refractivity contribution in [2.45, 2.75) is 219 Å². The summed E-state index contributed by atoms with van der Waals surface area (Å²) in [6.07, 6.45) is 60.5. The van der Waals surface area contributed by atoms with Crippen LogP contribution in [0.3, 0.4) is 0 Å². The molecule has 0 aliphatic rings. The van der Waals surface area contributed by atoms with Crippen molar-refractivity contribution < 1.29 is 24.5 Å². The third-order valence-electron chi connectivity index (χ3n) is 10.2. The zero-order chi connectivity index (χ0) is 43.1. The van der Waals surface area contributed by atoms with Crippen LogP contribution in [0.1, 0.15) is 201 Å². The van der Waals surface area contributed by atoms with Gasteiger partial charge in [0.25, 0.3) is 0 Å². The molecule has 0 aliphatic heterocycles. The highest BCUT2D eigenvalue weighted by Crippen LogP contribution is 2.16. The number of allylic oxidation sites excluding steroid dienone is 16. The Balaban J connectivity index is 4.76. The number of amides is 1. The number of hydrogen-bond donors (Lipinski definition) is 3. The van der Waals surface area contributed by atoms with Gasteiger partial charge in [0.1, 0.15) is 6.10 Å². The zero-order valence-corrected chi connectivity index (χ0v) is 38.1. The summed E-state index contributed by atoms with van der Waals surface area (Å²) in [6, 6.07) is -0.733. The molecule has 3 N–H and O–H groups in total. The fraction of sp³-hybridized carbons (Fsp3) is 0.660. The van der Waals surface area contributed by atoms with Gasteiger partial charge in [-0.15, -0.1) is 0 Å². The van der Waals surface area contributed by atoms with Crippen LogP contribution >= 0.6 is 0 Å². The van der Waals surface area contributed by atoms with E-state index >= 15 is 0 Å². The minimum Gasteiger partial charge on any atom is -0.462 e. The summed E-state index contributed by atoms with van der Waals surface area (Å²) in [4.78, 5) is 26.0. The standard InChI is InChI=1S/C53H89NO5/c1-4-7-10-13-16-19-22-25-26-27-28-31-34-37-40-43-46-53(58)59-49(44-41-38-35-32-29-23-20-17-14-11-8-5-2)47-52(57)54-50(48-55)51(56)45-42-39-36-33-30-24-21-18-15-12-9-6-3/h7-8,10-11,16-17,19-20,25-26,28-29,31-32,37,40,49-51,55-56H,4-6,9,12-15,18,21-24,27,30,33-36,38-39,41-48H2,1-3H3,(H,54,57)/b10-7+,11-8+,19-16+,20-17+,26-25+,31-28+,32-29+,40-37+. The molecule has 0 aromatic heterocycles. The molecule has 0 saturated heterocycles. The molecule has 0 aliphatic carbocycles. The lowest BCUT2D eigenvalue weighted by Crippen LogP contribution is -2.46. The van der Waals surface area contributed by atoms with Gasteiger partial charge >= 0.3 is 5.97 Å². The SMILES string of the molecule is CC/C=C/C/C=C/C/C=C/C/C=C/C/C=C/CCC(=O)OC(CCCC/C=C/C/C=C/C/C=C/CC)CC(=O)NC(CO)C(O)CCCCCCCCCCCCCC. The van der Waals surface area contributed by atoms with Crippen LogP contribution in [0.5, 0.6) is 0 Å². The normalized spacial score (nSPS) is 14.2.